The molecule has 1 aliphatic rings. The topological polar surface area (TPSA) is 89.2 Å². The van der Waals surface area contributed by atoms with Crippen LogP contribution in [0.3, 0.4) is 0 Å². The fraction of sp³-hybridized carbons (Fsp3) is 0.385. The maximum absolute atomic E-state index is 12.7. The molecule has 0 radical (unpaired) electrons. The van der Waals surface area contributed by atoms with Crippen LogP contribution >= 0.6 is 27.3 Å². The van der Waals surface area contributed by atoms with Gasteiger partial charge in [-0.05, 0) is 37.1 Å². The summed E-state index contributed by atoms with van der Waals surface area (Å²) in [6.07, 6.45) is 1.71. The zero-order valence-corrected chi connectivity index (χ0v) is 14.9. The molecule has 6 nitrogen and oxygen atoms in total. The highest BCUT2D eigenvalue weighted by atomic mass is 79.9. The summed E-state index contributed by atoms with van der Waals surface area (Å²) in [5, 5.41) is 9.11. The molecule has 1 atom stereocenters. The molecule has 2 aromatic rings. The summed E-state index contributed by atoms with van der Waals surface area (Å²) in [4.78, 5) is 0.313. The van der Waals surface area contributed by atoms with Crippen molar-refractivity contribution in [3.05, 3.63) is 33.7 Å². The molecular weight excluding hydrogens is 388 g/mol. The van der Waals surface area contributed by atoms with Crippen molar-refractivity contribution < 1.29 is 8.42 Å². The average Bonchev–Trinajstić information content (AvgIpc) is 2.94. The molecule has 1 fully saturated rings. The molecule has 0 bridgehead atoms. The van der Waals surface area contributed by atoms with Gasteiger partial charge in [0.15, 0.2) is 0 Å². The molecule has 2 N–H and O–H groups in total. The van der Waals surface area contributed by atoms with Crippen LogP contribution in [-0.4, -0.2) is 36.0 Å². The summed E-state index contributed by atoms with van der Waals surface area (Å²) in [5.41, 5.74) is 5.62. The number of anilines is 1. The summed E-state index contributed by atoms with van der Waals surface area (Å²) in [6, 6.07) is 6.71. The van der Waals surface area contributed by atoms with Crippen molar-refractivity contribution in [2.45, 2.75) is 23.7 Å². The number of halogens is 1. The van der Waals surface area contributed by atoms with Gasteiger partial charge in [0.1, 0.15) is 5.01 Å². The van der Waals surface area contributed by atoms with E-state index in [4.69, 9.17) is 5.73 Å². The van der Waals surface area contributed by atoms with Gasteiger partial charge in [0.25, 0.3) is 0 Å². The second kappa shape index (κ2) is 6.23. The third kappa shape index (κ3) is 3.17. The van der Waals surface area contributed by atoms with Gasteiger partial charge in [-0.1, -0.05) is 27.3 Å². The van der Waals surface area contributed by atoms with Crippen molar-refractivity contribution in [2.24, 2.45) is 0 Å². The Kier molecular flexibility index (Phi) is 4.49. The van der Waals surface area contributed by atoms with Crippen LogP contribution in [0.2, 0.25) is 0 Å². The number of rotatable bonds is 3. The van der Waals surface area contributed by atoms with Gasteiger partial charge in [0.2, 0.25) is 15.2 Å². The molecule has 22 heavy (non-hydrogen) atoms. The van der Waals surface area contributed by atoms with E-state index in [-0.39, 0.29) is 5.92 Å². The third-order valence-electron chi connectivity index (χ3n) is 3.64. The molecule has 1 aromatic carbocycles. The molecule has 9 heteroatoms. The average molecular weight is 403 g/mol. The molecule has 3 rings (SSSR count). The van der Waals surface area contributed by atoms with E-state index >= 15 is 0 Å². The quantitative estimate of drug-likeness (QED) is 0.851. The van der Waals surface area contributed by atoms with E-state index in [2.05, 4.69) is 26.1 Å². The number of hydrogen-bond donors (Lipinski definition) is 1. The van der Waals surface area contributed by atoms with Crippen molar-refractivity contribution in [2.75, 3.05) is 18.8 Å². The van der Waals surface area contributed by atoms with E-state index in [9.17, 15) is 8.42 Å². The minimum Gasteiger partial charge on any atom is -0.374 e. The van der Waals surface area contributed by atoms with Crippen LogP contribution in [0.25, 0.3) is 0 Å². The van der Waals surface area contributed by atoms with E-state index < -0.39 is 10.0 Å². The first kappa shape index (κ1) is 15.9. The van der Waals surface area contributed by atoms with Crippen LogP contribution in [0.4, 0.5) is 5.13 Å². The lowest BCUT2D eigenvalue weighted by molar-refractivity contribution is 0.314. The molecule has 0 unspecified atom stereocenters. The number of hydrogen-bond acceptors (Lipinski definition) is 6. The SMILES string of the molecule is Nc1nnc([C@@H]2CCCN(S(=O)(=O)c3ccc(Br)cc3)C2)s1. The largest absolute Gasteiger partial charge is 0.374 e. The molecule has 0 saturated carbocycles. The Balaban J connectivity index is 1.83. The van der Waals surface area contributed by atoms with E-state index in [0.717, 1.165) is 22.3 Å². The first-order valence-corrected chi connectivity index (χ1v) is 9.86. The normalized spacial score (nSPS) is 20.1. The molecule has 0 aliphatic carbocycles. The maximum Gasteiger partial charge on any atom is 0.243 e. The monoisotopic (exact) mass is 402 g/mol. The lowest BCUT2D eigenvalue weighted by Gasteiger charge is -2.30. The Morgan fingerprint density at radius 2 is 2.00 bits per heavy atom. The summed E-state index contributed by atoms with van der Waals surface area (Å²) in [6.45, 7) is 0.955. The second-order valence-electron chi connectivity index (χ2n) is 5.13. The standard InChI is InChI=1S/C13H15BrN4O2S2/c14-10-3-5-11(6-4-10)22(19,20)18-7-1-2-9(8-18)12-16-17-13(15)21-12/h3-6,9H,1-2,7-8H2,(H2,15,17)/t9-/m1/s1. The van der Waals surface area contributed by atoms with E-state index in [0.29, 0.717) is 23.1 Å². The minimum atomic E-state index is -3.48. The predicted octanol–water partition coefficient (Wildman–Crippen LogP) is 2.45. The van der Waals surface area contributed by atoms with Crippen molar-refractivity contribution in [3.63, 3.8) is 0 Å². The van der Waals surface area contributed by atoms with Gasteiger partial charge in [-0.15, -0.1) is 10.2 Å². The third-order valence-corrected chi connectivity index (χ3v) is 6.96. The zero-order chi connectivity index (χ0) is 15.7. The van der Waals surface area contributed by atoms with Gasteiger partial charge in [-0.25, -0.2) is 8.42 Å². The summed E-state index contributed by atoms with van der Waals surface area (Å²) in [7, 11) is -3.48. The number of nitrogens with zero attached hydrogens (tertiary/aromatic N) is 3. The van der Waals surface area contributed by atoms with Crippen LogP contribution in [0.1, 0.15) is 23.8 Å². The van der Waals surface area contributed by atoms with Crippen molar-refractivity contribution >= 4 is 42.4 Å². The maximum atomic E-state index is 12.7. The van der Waals surface area contributed by atoms with E-state index in [1.165, 1.54) is 15.6 Å². The van der Waals surface area contributed by atoms with Gasteiger partial charge in [-0.2, -0.15) is 4.31 Å². The number of sulfonamides is 1. The first-order chi connectivity index (χ1) is 10.5. The van der Waals surface area contributed by atoms with Gasteiger partial charge >= 0.3 is 0 Å². The number of benzene rings is 1. The molecule has 118 valence electrons. The molecular formula is C13H15BrN4O2S2. The van der Waals surface area contributed by atoms with Gasteiger partial charge < -0.3 is 5.73 Å². The smallest absolute Gasteiger partial charge is 0.243 e. The van der Waals surface area contributed by atoms with Crippen LogP contribution in [0.15, 0.2) is 33.6 Å². The Labute approximate surface area is 141 Å². The fourth-order valence-electron chi connectivity index (χ4n) is 2.53. The van der Waals surface area contributed by atoms with Crippen LogP contribution in [0.5, 0.6) is 0 Å². The molecule has 1 saturated heterocycles. The molecule has 0 amide bonds. The van der Waals surface area contributed by atoms with Crippen LogP contribution < -0.4 is 5.73 Å². The lowest BCUT2D eigenvalue weighted by atomic mass is 10.0. The molecule has 1 aromatic heterocycles. The number of aromatic nitrogens is 2. The summed E-state index contributed by atoms with van der Waals surface area (Å²) in [5.74, 6) is 0.0637. The van der Waals surface area contributed by atoms with E-state index in [1.807, 2.05) is 0 Å². The Bertz CT molecular complexity index is 761. The van der Waals surface area contributed by atoms with Crippen molar-refractivity contribution in [1.82, 2.24) is 14.5 Å². The molecule has 2 heterocycles. The van der Waals surface area contributed by atoms with Crippen LogP contribution in [0, 0.1) is 0 Å². The molecule has 1 aliphatic heterocycles. The first-order valence-electron chi connectivity index (χ1n) is 6.81. The van der Waals surface area contributed by atoms with Crippen molar-refractivity contribution in [3.8, 4) is 0 Å². The number of nitrogens with two attached hydrogens (primary N) is 1. The minimum absolute atomic E-state index is 0.0637. The van der Waals surface area contributed by atoms with Crippen molar-refractivity contribution in [1.29, 1.82) is 0 Å². The van der Waals surface area contributed by atoms with Gasteiger partial charge in [0, 0.05) is 23.5 Å². The summed E-state index contributed by atoms with van der Waals surface area (Å²) < 4.78 is 27.9. The lowest BCUT2D eigenvalue weighted by Crippen LogP contribution is -2.39. The predicted molar refractivity (Wildman–Crippen MR) is 89.2 cm³/mol. The van der Waals surface area contributed by atoms with Gasteiger partial charge in [-0.3, -0.25) is 0 Å². The Morgan fingerprint density at radius 3 is 2.64 bits per heavy atom. The van der Waals surface area contributed by atoms with Gasteiger partial charge in [0.05, 0.1) is 4.90 Å². The Hall–Kier alpha value is -1.03. The zero-order valence-electron chi connectivity index (χ0n) is 11.6. The number of piperidine rings is 1. The number of nitrogen functional groups attached to an aromatic ring is 1. The highest BCUT2D eigenvalue weighted by Gasteiger charge is 2.32. The highest BCUT2D eigenvalue weighted by molar-refractivity contribution is 9.10. The van der Waals surface area contributed by atoms with Crippen LogP contribution in [-0.2, 0) is 10.0 Å². The summed E-state index contributed by atoms with van der Waals surface area (Å²) >= 11 is 4.65. The second-order valence-corrected chi connectivity index (χ2v) is 9.03. The molecule has 0 spiro atoms. The Morgan fingerprint density at radius 1 is 1.27 bits per heavy atom. The highest BCUT2D eigenvalue weighted by Crippen LogP contribution is 2.32. The fourth-order valence-corrected chi connectivity index (χ4v) is 5.05. The van der Waals surface area contributed by atoms with E-state index in [1.54, 1.807) is 24.3 Å².